The summed E-state index contributed by atoms with van der Waals surface area (Å²) in [5.74, 6) is 0.727. The number of hydrogen-bond donors (Lipinski definition) is 2. The number of fused-ring (bicyclic) bond motifs is 1. The van der Waals surface area contributed by atoms with E-state index in [1.807, 2.05) is 48.5 Å². The van der Waals surface area contributed by atoms with Gasteiger partial charge in [0, 0.05) is 11.2 Å². The van der Waals surface area contributed by atoms with Crippen LogP contribution in [0.2, 0.25) is 5.02 Å². The lowest BCUT2D eigenvalue weighted by atomic mass is 10.0. The molecule has 0 bridgehead atoms. The Morgan fingerprint density at radius 1 is 1.17 bits per heavy atom. The molecule has 0 aliphatic rings. The highest BCUT2D eigenvalue weighted by atomic mass is 35.5. The number of aromatic nitrogens is 4. The van der Waals surface area contributed by atoms with Crippen molar-refractivity contribution >= 4 is 28.5 Å². The third-order valence-electron chi connectivity index (χ3n) is 4.84. The van der Waals surface area contributed by atoms with E-state index >= 15 is 0 Å². The third-order valence-corrected chi connectivity index (χ3v) is 5.21. The van der Waals surface area contributed by atoms with Crippen LogP contribution >= 0.6 is 11.6 Å². The van der Waals surface area contributed by atoms with Crippen molar-refractivity contribution in [3.05, 3.63) is 82.9 Å². The second-order valence-corrected chi connectivity index (χ2v) is 7.76. The fraction of sp³-hybridized carbons (Fsp3) is 0.227. The second-order valence-electron chi connectivity index (χ2n) is 7.35. The Morgan fingerprint density at radius 2 is 1.93 bits per heavy atom. The summed E-state index contributed by atoms with van der Waals surface area (Å²) in [5.41, 5.74) is 3.29. The van der Waals surface area contributed by atoms with Crippen molar-refractivity contribution in [3.8, 4) is 0 Å². The van der Waals surface area contributed by atoms with Gasteiger partial charge in [-0.25, -0.2) is 4.98 Å². The van der Waals surface area contributed by atoms with Gasteiger partial charge in [0.1, 0.15) is 5.82 Å². The van der Waals surface area contributed by atoms with Crippen LogP contribution in [0, 0.1) is 5.92 Å². The lowest BCUT2D eigenvalue weighted by Gasteiger charge is -2.19. The zero-order valence-electron chi connectivity index (χ0n) is 16.3. The van der Waals surface area contributed by atoms with Gasteiger partial charge in [-0.3, -0.25) is 9.48 Å². The maximum Gasteiger partial charge on any atom is 0.255 e. The molecule has 1 unspecified atom stereocenters. The van der Waals surface area contributed by atoms with Crippen LogP contribution in [0.25, 0.3) is 11.0 Å². The molecular formula is C22H22ClN5O. The van der Waals surface area contributed by atoms with Gasteiger partial charge in [-0.1, -0.05) is 55.8 Å². The quantitative estimate of drug-likeness (QED) is 0.491. The number of benzene rings is 2. The van der Waals surface area contributed by atoms with Crippen LogP contribution in [-0.4, -0.2) is 25.7 Å². The normalized spacial score (nSPS) is 12.4. The van der Waals surface area contributed by atoms with Crippen LogP contribution < -0.4 is 5.32 Å². The van der Waals surface area contributed by atoms with E-state index in [2.05, 4.69) is 34.2 Å². The molecular weight excluding hydrogens is 386 g/mol. The van der Waals surface area contributed by atoms with E-state index in [1.165, 1.54) is 0 Å². The molecule has 0 saturated carbocycles. The first-order valence-corrected chi connectivity index (χ1v) is 9.90. The maximum absolute atomic E-state index is 12.8. The zero-order valence-corrected chi connectivity index (χ0v) is 17.0. The molecule has 29 heavy (non-hydrogen) atoms. The predicted octanol–water partition coefficient (Wildman–Crippen LogP) is 4.59. The van der Waals surface area contributed by atoms with Gasteiger partial charge in [-0.2, -0.15) is 5.10 Å². The Balaban J connectivity index is 1.51. The number of nitrogens with one attached hydrogen (secondary N) is 2. The fourth-order valence-corrected chi connectivity index (χ4v) is 3.46. The number of nitrogens with zero attached hydrogens (tertiary/aromatic N) is 3. The van der Waals surface area contributed by atoms with Gasteiger partial charge in [-0.15, -0.1) is 0 Å². The molecule has 1 atom stereocenters. The minimum atomic E-state index is -0.234. The Bertz CT molecular complexity index is 1110. The van der Waals surface area contributed by atoms with Gasteiger partial charge in [0.05, 0.1) is 35.4 Å². The summed E-state index contributed by atoms with van der Waals surface area (Å²) < 4.78 is 1.71. The minimum absolute atomic E-state index is 0.165. The number of imidazole rings is 1. The minimum Gasteiger partial charge on any atom is -0.342 e. The third kappa shape index (κ3) is 4.17. The molecule has 2 aromatic heterocycles. The number of halogens is 1. The Labute approximate surface area is 173 Å². The maximum atomic E-state index is 12.8. The van der Waals surface area contributed by atoms with E-state index in [0.717, 1.165) is 22.4 Å². The van der Waals surface area contributed by atoms with E-state index in [9.17, 15) is 4.79 Å². The Hall–Kier alpha value is -3.12. The number of para-hydroxylation sites is 2. The first-order valence-electron chi connectivity index (χ1n) is 9.52. The number of H-pyrrole nitrogens is 1. The largest absolute Gasteiger partial charge is 0.342 e. The van der Waals surface area contributed by atoms with Crippen LogP contribution in [0.15, 0.2) is 60.9 Å². The average Bonchev–Trinajstić information content (AvgIpc) is 3.34. The number of carbonyl (C=O) groups excluding carboxylic acids is 1. The van der Waals surface area contributed by atoms with E-state index in [1.54, 1.807) is 17.1 Å². The fourth-order valence-electron chi connectivity index (χ4n) is 3.26. The molecule has 0 radical (unpaired) electrons. The standard InChI is InChI=1S/C22H22ClN5O/c1-14(2)20(21-25-18-9-5-6-10-19(18)26-21)27-22(29)16-11-24-28(13-16)12-15-7-3-4-8-17(15)23/h3-11,13-14,20H,12H2,1-2H3,(H,25,26)(H,27,29). The summed E-state index contributed by atoms with van der Waals surface area (Å²) in [4.78, 5) is 20.8. The molecule has 0 spiro atoms. The van der Waals surface area contributed by atoms with Gasteiger partial charge in [0.25, 0.3) is 5.91 Å². The topological polar surface area (TPSA) is 75.6 Å². The van der Waals surface area contributed by atoms with Gasteiger partial charge in [-0.05, 0) is 29.7 Å². The van der Waals surface area contributed by atoms with Crippen molar-refractivity contribution in [1.82, 2.24) is 25.1 Å². The van der Waals surface area contributed by atoms with Crippen molar-refractivity contribution in [1.29, 1.82) is 0 Å². The van der Waals surface area contributed by atoms with Crippen LogP contribution in [0.5, 0.6) is 0 Å². The molecule has 2 heterocycles. The summed E-state index contributed by atoms with van der Waals surface area (Å²) in [6.07, 6.45) is 3.30. The van der Waals surface area contributed by atoms with Gasteiger partial charge >= 0.3 is 0 Å². The Morgan fingerprint density at radius 3 is 2.69 bits per heavy atom. The van der Waals surface area contributed by atoms with Crippen LogP contribution in [-0.2, 0) is 6.54 Å². The highest BCUT2D eigenvalue weighted by molar-refractivity contribution is 6.31. The zero-order chi connectivity index (χ0) is 20.4. The van der Waals surface area contributed by atoms with Crippen molar-refractivity contribution in [2.45, 2.75) is 26.4 Å². The summed E-state index contributed by atoms with van der Waals surface area (Å²) >= 11 is 6.22. The van der Waals surface area contributed by atoms with Crippen molar-refractivity contribution < 1.29 is 4.79 Å². The molecule has 2 aromatic carbocycles. The smallest absolute Gasteiger partial charge is 0.255 e. The number of rotatable bonds is 6. The predicted molar refractivity (Wildman–Crippen MR) is 114 cm³/mol. The molecule has 1 amide bonds. The van der Waals surface area contributed by atoms with E-state index < -0.39 is 0 Å². The van der Waals surface area contributed by atoms with Crippen molar-refractivity contribution in [2.75, 3.05) is 0 Å². The summed E-state index contributed by atoms with van der Waals surface area (Å²) in [5, 5.41) is 8.07. The molecule has 4 aromatic rings. The van der Waals surface area contributed by atoms with Crippen molar-refractivity contribution in [2.24, 2.45) is 5.92 Å². The molecule has 0 saturated heterocycles. The summed E-state index contributed by atoms with van der Waals surface area (Å²) in [6.45, 7) is 4.61. The molecule has 4 rings (SSSR count). The molecule has 0 aliphatic carbocycles. The van der Waals surface area contributed by atoms with Gasteiger partial charge in [0.2, 0.25) is 0 Å². The highest BCUT2D eigenvalue weighted by Crippen LogP contribution is 2.23. The molecule has 2 N–H and O–H groups in total. The molecule has 6 nitrogen and oxygen atoms in total. The highest BCUT2D eigenvalue weighted by Gasteiger charge is 2.23. The van der Waals surface area contributed by atoms with Crippen LogP contribution in [0.1, 0.15) is 41.6 Å². The van der Waals surface area contributed by atoms with Gasteiger partial charge in [0.15, 0.2) is 0 Å². The molecule has 0 aliphatic heterocycles. The number of amides is 1. The van der Waals surface area contributed by atoms with Crippen LogP contribution in [0.4, 0.5) is 0 Å². The monoisotopic (exact) mass is 407 g/mol. The van der Waals surface area contributed by atoms with E-state index in [0.29, 0.717) is 17.1 Å². The molecule has 148 valence electrons. The van der Waals surface area contributed by atoms with Gasteiger partial charge < -0.3 is 10.3 Å². The lowest BCUT2D eigenvalue weighted by Crippen LogP contribution is -2.32. The number of carbonyl (C=O) groups is 1. The number of hydrogen-bond acceptors (Lipinski definition) is 3. The average molecular weight is 408 g/mol. The molecule has 7 heteroatoms. The summed E-state index contributed by atoms with van der Waals surface area (Å²) in [7, 11) is 0. The first-order chi connectivity index (χ1) is 14.0. The van der Waals surface area contributed by atoms with Crippen LogP contribution in [0.3, 0.4) is 0 Å². The lowest BCUT2D eigenvalue weighted by molar-refractivity contribution is 0.0923. The SMILES string of the molecule is CC(C)C(NC(=O)c1cnn(Cc2ccccc2Cl)c1)c1nc2ccccc2[nH]1. The molecule has 0 fully saturated rings. The van der Waals surface area contributed by atoms with E-state index in [4.69, 9.17) is 11.6 Å². The van der Waals surface area contributed by atoms with E-state index in [-0.39, 0.29) is 17.9 Å². The second kappa shape index (κ2) is 8.09. The summed E-state index contributed by atoms with van der Waals surface area (Å²) in [6, 6.07) is 15.2. The van der Waals surface area contributed by atoms with Crippen molar-refractivity contribution in [3.63, 3.8) is 0 Å². The Kier molecular flexibility index (Phi) is 5.36. The number of aromatic amines is 1. The first kappa shape index (κ1) is 19.2.